The van der Waals surface area contributed by atoms with Crippen molar-refractivity contribution in [3.8, 4) is 0 Å². The minimum absolute atomic E-state index is 0.0153. The van der Waals surface area contributed by atoms with Crippen LogP contribution in [0.4, 0.5) is 85.3 Å². The quantitative estimate of drug-likeness (QED) is 0.161. The van der Waals surface area contributed by atoms with Crippen LogP contribution in [-0.2, 0) is 0 Å². The van der Waals surface area contributed by atoms with Crippen LogP contribution in [0, 0.1) is 0 Å². The number of hydrogen-bond acceptors (Lipinski definition) is 7. The topological polar surface area (TPSA) is 16.2 Å². The maximum Gasteiger partial charge on any atom is 0.252 e. The molecule has 408 valence electrons. The van der Waals surface area contributed by atoms with E-state index in [0.29, 0.717) is 0 Å². The molecule has 0 atom stereocenters. The van der Waals surface area contributed by atoms with Crippen LogP contribution in [0.15, 0.2) is 305 Å². The molecule has 13 aromatic rings. The van der Waals surface area contributed by atoms with Gasteiger partial charge in [-0.1, -0.05) is 204 Å². The van der Waals surface area contributed by atoms with E-state index in [2.05, 4.69) is 310 Å². The molecule has 8 heterocycles. The summed E-state index contributed by atoms with van der Waals surface area (Å²) in [5.74, 6) is 0. The zero-order valence-corrected chi connectivity index (χ0v) is 49.6. The molecule has 5 nitrogen and oxygen atoms in total. The predicted octanol–water partition coefficient (Wildman–Crippen LogP) is 11.9. The summed E-state index contributed by atoms with van der Waals surface area (Å²) in [7, 11) is 0. The second-order valence-electron chi connectivity index (χ2n) is 24.6. The molecule has 0 bridgehead atoms. The van der Waals surface area contributed by atoms with Crippen LogP contribution < -0.4 is 90.1 Å². The second kappa shape index (κ2) is 18.2. The Morgan fingerprint density at radius 2 is 0.494 bits per heavy atom. The van der Waals surface area contributed by atoms with Gasteiger partial charge < -0.3 is 24.5 Å². The lowest BCUT2D eigenvalue weighted by atomic mass is 9.27. The Bertz CT molecular complexity index is 4930. The summed E-state index contributed by atoms with van der Waals surface area (Å²) in [6.07, 6.45) is 0. The molecule has 11 heteroatoms. The van der Waals surface area contributed by atoms with Crippen molar-refractivity contribution in [2.45, 2.75) is 19.6 Å². The van der Waals surface area contributed by atoms with Crippen LogP contribution in [0.5, 0.6) is 0 Å². The molecule has 13 aromatic carbocycles. The molecule has 0 radical (unpaired) electrons. The van der Waals surface area contributed by atoms with Gasteiger partial charge in [-0.3, -0.25) is 0 Å². The van der Waals surface area contributed by atoms with Crippen LogP contribution in [-0.4, -0.2) is 26.9 Å². The molecule has 0 amide bonds. The molecular formula is C78H47B4N5S2. The number of rotatable bonds is 4. The monoisotopic (exact) mass is 1160 g/mol. The largest absolute Gasteiger partial charge is 0.312 e. The Morgan fingerprint density at radius 3 is 0.854 bits per heavy atom. The van der Waals surface area contributed by atoms with Gasteiger partial charge in [-0.2, -0.15) is 0 Å². The lowest BCUT2D eigenvalue weighted by molar-refractivity contribution is 1.22. The molecule has 0 aliphatic carbocycles. The van der Waals surface area contributed by atoms with E-state index in [0.717, 1.165) is 11.4 Å². The van der Waals surface area contributed by atoms with E-state index in [-0.39, 0.29) is 26.9 Å². The van der Waals surface area contributed by atoms with Gasteiger partial charge in [-0.15, -0.1) is 0 Å². The van der Waals surface area contributed by atoms with E-state index < -0.39 is 0 Å². The highest BCUT2D eigenvalue weighted by Gasteiger charge is 2.54. The van der Waals surface area contributed by atoms with Crippen molar-refractivity contribution in [2.24, 2.45) is 0 Å². The van der Waals surface area contributed by atoms with Gasteiger partial charge in [0.2, 0.25) is 13.4 Å². The molecule has 8 aliphatic heterocycles. The Balaban J connectivity index is 0.876. The molecule has 0 unspecified atom stereocenters. The molecule has 0 saturated heterocycles. The summed E-state index contributed by atoms with van der Waals surface area (Å²) < 4.78 is 0. The first-order valence-corrected chi connectivity index (χ1v) is 32.6. The molecule has 0 fully saturated rings. The van der Waals surface area contributed by atoms with Crippen LogP contribution >= 0.6 is 23.5 Å². The lowest BCUT2D eigenvalue weighted by Crippen LogP contribution is -2.70. The van der Waals surface area contributed by atoms with Gasteiger partial charge in [0.15, 0.2) is 0 Å². The van der Waals surface area contributed by atoms with E-state index in [1.807, 2.05) is 23.5 Å². The average Bonchev–Trinajstić information content (AvgIpc) is 0.729. The fourth-order valence-electron chi connectivity index (χ4n) is 17.0. The summed E-state index contributed by atoms with van der Waals surface area (Å²) in [6, 6.07) is 108. The maximum atomic E-state index is 2.78. The first-order chi connectivity index (χ1) is 44.2. The zero-order valence-electron chi connectivity index (χ0n) is 48.0. The van der Waals surface area contributed by atoms with Crippen molar-refractivity contribution in [2.75, 3.05) is 24.5 Å². The summed E-state index contributed by atoms with van der Waals surface area (Å²) in [6.45, 7) is -0.150. The fraction of sp³-hybridized carbons (Fsp3) is 0. The normalized spacial score (nSPS) is 14.7. The molecule has 21 rings (SSSR count). The molecule has 89 heavy (non-hydrogen) atoms. The van der Waals surface area contributed by atoms with Crippen LogP contribution in [0.2, 0.25) is 0 Å². The SMILES string of the molecule is c1ccc(N2c3ccccc3B3c4cc5c(cc4Sc4cccc2c43)N2c3cc4c(cc3B3c6ccccc6N(c6ccccc6)c6cc7c(c2c63)B5c2ccccc2N7c2ccccc2)B2c3ccccc3N(c3ccccc3)c3cccc(c32)S4)cc1. The van der Waals surface area contributed by atoms with Gasteiger partial charge in [0.05, 0.1) is 0 Å². The summed E-state index contributed by atoms with van der Waals surface area (Å²) in [5, 5.41) is 0. The van der Waals surface area contributed by atoms with E-state index >= 15 is 0 Å². The number of nitrogens with zero attached hydrogens (tertiary/aromatic N) is 5. The van der Waals surface area contributed by atoms with Crippen molar-refractivity contribution in [1.82, 2.24) is 0 Å². The van der Waals surface area contributed by atoms with Crippen molar-refractivity contribution in [3.63, 3.8) is 0 Å². The Morgan fingerprint density at radius 1 is 0.191 bits per heavy atom. The van der Waals surface area contributed by atoms with Crippen molar-refractivity contribution >= 4 is 201 Å². The first-order valence-electron chi connectivity index (χ1n) is 31.0. The van der Waals surface area contributed by atoms with Gasteiger partial charge in [0.25, 0.3) is 13.4 Å². The number of fused-ring (bicyclic) bond motifs is 18. The van der Waals surface area contributed by atoms with Crippen LogP contribution in [0.25, 0.3) is 0 Å². The molecule has 8 aliphatic rings. The Labute approximate surface area is 526 Å². The number of para-hydroxylation sites is 8. The lowest BCUT2D eigenvalue weighted by Gasteiger charge is -2.51. The average molecular weight is 1160 g/mol. The first kappa shape index (κ1) is 48.9. The van der Waals surface area contributed by atoms with Gasteiger partial charge in [-0.25, -0.2) is 0 Å². The van der Waals surface area contributed by atoms with Gasteiger partial charge in [0, 0.05) is 105 Å². The fourth-order valence-corrected chi connectivity index (χ4v) is 19.3. The summed E-state index contributed by atoms with van der Waals surface area (Å²) in [4.78, 5) is 18.2. The standard InChI is InChI=1S/C78H47B4N5S2/c1-5-23-48(24-6-1)83-60-35-17-15-33-54(60)81-58-43-56-66(46-72(58)88-70-41-21-39-64(83)74(70)81)87-67-47-73-59(82-55-34-16-18-36-61(55)84(49-25-7-2-8-26-49)65-40-22-42-71(89-73)75(65)82)44-57(67)80-53-32-14-20-38-63(53)86(51-29-11-4-12-30-51)69-45-68-76(78(87)77(69)80)79(56)52-31-13-19-37-62(52)85(68)50-27-9-3-10-28-50/h1-47H. The third-order valence-electron chi connectivity index (χ3n) is 20.3. The minimum Gasteiger partial charge on any atom is -0.312 e. The van der Waals surface area contributed by atoms with Crippen molar-refractivity contribution < 1.29 is 0 Å². The zero-order chi connectivity index (χ0) is 57.7. The summed E-state index contributed by atoms with van der Waals surface area (Å²) >= 11 is 3.90. The van der Waals surface area contributed by atoms with Crippen LogP contribution in [0.3, 0.4) is 0 Å². The molecule has 0 saturated carbocycles. The smallest absolute Gasteiger partial charge is 0.252 e. The number of anilines is 15. The maximum absolute atomic E-state index is 2.78. The molecular weight excluding hydrogens is 1110 g/mol. The van der Waals surface area contributed by atoms with E-state index in [9.17, 15) is 0 Å². The third-order valence-corrected chi connectivity index (χ3v) is 22.6. The number of hydrogen-bond donors (Lipinski definition) is 0. The van der Waals surface area contributed by atoms with Crippen LogP contribution in [0.1, 0.15) is 0 Å². The van der Waals surface area contributed by atoms with E-state index in [1.54, 1.807) is 0 Å². The van der Waals surface area contributed by atoms with Crippen molar-refractivity contribution in [1.29, 1.82) is 0 Å². The Hall–Kier alpha value is -10.2. The Kier molecular flexibility index (Phi) is 10.00. The molecule has 0 spiro atoms. The van der Waals surface area contributed by atoms with Crippen molar-refractivity contribution in [3.05, 3.63) is 285 Å². The summed E-state index contributed by atoms with van der Waals surface area (Å²) in [5.41, 5.74) is 34.4. The van der Waals surface area contributed by atoms with Gasteiger partial charge in [-0.05, 0) is 170 Å². The minimum atomic E-state index is -0.0903. The molecule has 0 N–H and O–H groups in total. The van der Waals surface area contributed by atoms with Gasteiger partial charge in [0.1, 0.15) is 0 Å². The number of benzene rings is 13. The predicted molar refractivity (Wildman–Crippen MR) is 380 cm³/mol. The van der Waals surface area contributed by atoms with Gasteiger partial charge >= 0.3 is 0 Å². The highest BCUT2D eigenvalue weighted by Crippen LogP contribution is 2.53. The third kappa shape index (κ3) is 6.53. The van der Waals surface area contributed by atoms with E-state index in [1.165, 1.54) is 159 Å². The second-order valence-corrected chi connectivity index (χ2v) is 26.7. The highest BCUT2D eigenvalue weighted by atomic mass is 32.2. The van der Waals surface area contributed by atoms with E-state index in [4.69, 9.17) is 0 Å². The molecule has 0 aromatic heterocycles. The highest BCUT2D eigenvalue weighted by molar-refractivity contribution is 8.00.